The number of halogens is 3. The van der Waals surface area contributed by atoms with Gasteiger partial charge in [-0.3, -0.25) is 10.1 Å². The number of anilines is 1. The highest BCUT2D eigenvalue weighted by Crippen LogP contribution is 2.26. The number of benzene rings is 2. The molecule has 2 N–H and O–H groups in total. The zero-order valence-corrected chi connectivity index (χ0v) is 17.5. The molecule has 1 amide bonds. The van der Waals surface area contributed by atoms with Crippen LogP contribution in [0.2, 0.25) is 10.0 Å². The number of hydrogen-bond donors (Lipinski definition) is 2. The molecule has 7 heteroatoms. The van der Waals surface area contributed by atoms with E-state index in [0.29, 0.717) is 21.5 Å². The van der Waals surface area contributed by atoms with E-state index in [0.717, 1.165) is 14.8 Å². The fourth-order valence-corrected chi connectivity index (χ4v) is 3.11. The SMILES string of the molecule is CC(C)c1cc(I)ccc1NC(=S)NC(=O)c1ccc(Cl)c(Cl)c1. The minimum atomic E-state index is -0.345. The molecule has 0 aromatic heterocycles. The minimum Gasteiger partial charge on any atom is -0.332 e. The number of hydrogen-bond acceptors (Lipinski definition) is 2. The van der Waals surface area contributed by atoms with Crippen molar-refractivity contribution < 1.29 is 4.79 Å². The Labute approximate surface area is 170 Å². The van der Waals surface area contributed by atoms with Crippen molar-refractivity contribution in [3.05, 3.63) is 61.1 Å². The summed E-state index contributed by atoms with van der Waals surface area (Å²) in [6.07, 6.45) is 0. The molecule has 0 bridgehead atoms. The average Bonchev–Trinajstić information content (AvgIpc) is 2.51. The normalized spacial score (nSPS) is 10.6. The van der Waals surface area contributed by atoms with Gasteiger partial charge in [0.25, 0.3) is 5.91 Å². The zero-order valence-electron chi connectivity index (χ0n) is 13.0. The van der Waals surface area contributed by atoms with Crippen molar-refractivity contribution in [1.82, 2.24) is 5.32 Å². The average molecular weight is 493 g/mol. The summed E-state index contributed by atoms with van der Waals surface area (Å²) in [5.74, 6) is -0.0153. The van der Waals surface area contributed by atoms with E-state index in [1.54, 1.807) is 12.1 Å². The fraction of sp³-hybridized carbons (Fsp3) is 0.176. The number of carbonyl (C=O) groups excluding carboxylic acids is 1. The highest BCUT2D eigenvalue weighted by atomic mass is 127. The van der Waals surface area contributed by atoms with E-state index in [1.807, 2.05) is 12.1 Å². The topological polar surface area (TPSA) is 41.1 Å². The van der Waals surface area contributed by atoms with Crippen LogP contribution in [0, 0.1) is 3.57 Å². The van der Waals surface area contributed by atoms with Gasteiger partial charge < -0.3 is 5.32 Å². The molecule has 0 fully saturated rings. The van der Waals surface area contributed by atoms with Crippen molar-refractivity contribution in [3.63, 3.8) is 0 Å². The maximum atomic E-state index is 12.2. The first-order valence-corrected chi connectivity index (χ1v) is 9.39. The molecule has 0 saturated carbocycles. The largest absolute Gasteiger partial charge is 0.332 e. The number of carbonyl (C=O) groups is 1. The predicted molar refractivity (Wildman–Crippen MR) is 113 cm³/mol. The molecule has 2 aromatic carbocycles. The van der Waals surface area contributed by atoms with Crippen LogP contribution in [0.4, 0.5) is 5.69 Å². The Morgan fingerprint density at radius 3 is 2.46 bits per heavy atom. The van der Waals surface area contributed by atoms with E-state index in [4.69, 9.17) is 35.4 Å². The maximum absolute atomic E-state index is 12.2. The second kappa shape index (κ2) is 8.47. The van der Waals surface area contributed by atoms with Crippen molar-refractivity contribution in [2.75, 3.05) is 5.32 Å². The fourth-order valence-electron chi connectivity index (χ4n) is 2.09. The standard InChI is InChI=1S/C17H15Cl2IN2OS/c1-9(2)12-8-11(20)4-6-15(12)21-17(24)22-16(23)10-3-5-13(18)14(19)7-10/h3-9H,1-2H3,(H2,21,22,23,24). The zero-order chi connectivity index (χ0) is 17.9. The van der Waals surface area contributed by atoms with E-state index >= 15 is 0 Å². The first-order chi connectivity index (χ1) is 11.3. The van der Waals surface area contributed by atoms with Gasteiger partial charge in [0.15, 0.2) is 5.11 Å². The van der Waals surface area contributed by atoms with Crippen LogP contribution in [0.15, 0.2) is 36.4 Å². The van der Waals surface area contributed by atoms with Crippen molar-refractivity contribution in [2.45, 2.75) is 19.8 Å². The van der Waals surface area contributed by atoms with E-state index in [9.17, 15) is 4.79 Å². The molecule has 3 nitrogen and oxygen atoms in total. The van der Waals surface area contributed by atoms with E-state index in [1.165, 1.54) is 6.07 Å². The van der Waals surface area contributed by atoms with Gasteiger partial charge in [-0.2, -0.15) is 0 Å². The third-order valence-electron chi connectivity index (χ3n) is 3.29. The van der Waals surface area contributed by atoms with Gasteiger partial charge in [-0.25, -0.2) is 0 Å². The highest BCUT2D eigenvalue weighted by molar-refractivity contribution is 14.1. The van der Waals surface area contributed by atoms with Gasteiger partial charge in [0.05, 0.1) is 10.0 Å². The Morgan fingerprint density at radius 2 is 1.83 bits per heavy atom. The van der Waals surface area contributed by atoms with Crippen molar-refractivity contribution in [2.24, 2.45) is 0 Å². The summed E-state index contributed by atoms with van der Waals surface area (Å²) in [7, 11) is 0. The molecule has 2 rings (SSSR count). The molecule has 0 aliphatic rings. The van der Waals surface area contributed by atoms with Crippen LogP contribution in [0.3, 0.4) is 0 Å². The molecule has 0 unspecified atom stereocenters. The second-order valence-corrected chi connectivity index (χ2v) is 7.89. The summed E-state index contributed by atoms with van der Waals surface area (Å²) in [5, 5.41) is 6.68. The van der Waals surface area contributed by atoms with Gasteiger partial charge in [0.2, 0.25) is 0 Å². The smallest absolute Gasteiger partial charge is 0.257 e. The molecule has 0 aliphatic heterocycles. The summed E-state index contributed by atoms with van der Waals surface area (Å²) in [5.41, 5.74) is 2.40. The van der Waals surface area contributed by atoms with Gasteiger partial charge in [-0.1, -0.05) is 37.0 Å². The molecular weight excluding hydrogens is 478 g/mol. The van der Waals surface area contributed by atoms with Crippen LogP contribution in [0.1, 0.15) is 35.7 Å². The van der Waals surface area contributed by atoms with Crippen LogP contribution >= 0.6 is 58.0 Å². The lowest BCUT2D eigenvalue weighted by atomic mass is 10.0. The molecule has 0 saturated heterocycles. The quantitative estimate of drug-likeness (QED) is 0.417. The van der Waals surface area contributed by atoms with Crippen LogP contribution in [0.5, 0.6) is 0 Å². The third kappa shape index (κ3) is 5.05. The van der Waals surface area contributed by atoms with Gasteiger partial charge >= 0.3 is 0 Å². The lowest BCUT2D eigenvalue weighted by Crippen LogP contribution is -2.34. The predicted octanol–water partition coefficient (Wildman–Crippen LogP) is 5.85. The summed E-state index contributed by atoms with van der Waals surface area (Å²) in [6.45, 7) is 4.21. The molecule has 0 atom stereocenters. The molecule has 0 radical (unpaired) electrons. The maximum Gasteiger partial charge on any atom is 0.257 e. The molecule has 0 heterocycles. The Balaban J connectivity index is 2.11. The second-order valence-electron chi connectivity index (χ2n) is 5.42. The van der Waals surface area contributed by atoms with Gasteiger partial charge in [-0.15, -0.1) is 0 Å². The molecular formula is C17H15Cl2IN2OS. The lowest BCUT2D eigenvalue weighted by molar-refractivity contribution is 0.0978. The highest BCUT2D eigenvalue weighted by Gasteiger charge is 2.12. The number of thiocarbonyl (C=S) groups is 1. The van der Waals surface area contributed by atoms with E-state index in [2.05, 4.69) is 53.1 Å². The van der Waals surface area contributed by atoms with E-state index < -0.39 is 0 Å². The monoisotopic (exact) mass is 492 g/mol. The Bertz CT molecular complexity index is 796. The van der Waals surface area contributed by atoms with Gasteiger partial charge in [0, 0.05) is 14.8 Å². The summed E-state index contributed by atoms with van der Waals surface area (Å²) < 4.78 is 1.15. The van der Waals surface area contributed by atoms with Crippen molar-refractivity contribution >= 4 is 74.7 Å². The first-order valence-electron chi connectivity index (χ1n) is 7.14. The number of nitrogens with one attached hydrogen (secondary N) is 2. The van der Waals surface area contributed by atoms with E-state index in [-0.39, 0.29) is 11.0 Å². The van der Waals surface area contributed by atoms with Crippen molar-refractivity contribution in [3.8, 4) is 0 Å². The third-order valence-corrected chi connectivity index (χ3v) is 4.91. The van der Waals surface area contributed by atoms with Crippen LogP contribution in [-0.4, -0.2) is 11.0 Å². The Hall–Kier alpha value is -0.890. The number of rotatable bonds is 3. The first kappa shape index (κ1) is 19.4. The van der Waals surface area contributed by atoms with Crippen LogP contribution in [-0.2, 0) is 0 Å². The van der Waals surface area contributed by atoms with Crippen LogP contribution < -0.4 is 10.6 Å². The van der Waals surface area contributed by atoms with Gasteiger partial charge in [0.1, 0.15) is 0 Å². The Kier molecular flexibility index (Phi) is 6.86. The summed E-state index contributed by atoms with van der Waals surface area (Å²) in [6, 6.07) is 10.7. The molecule has 126 valence electrons. The molecule has 24 heavy (non-hydrogen) atoms. The molecule has 0 spiro atoms. The number of amides is 1. The van der Waals surface area contributed by atoms with Crippen molar-refractivity contribution in [1.29, 1.82) is 0 Å². The van der Waals surface area contributed by atoms with Crippen LogP contribution in [0.25, 0.3) is 0 Å². The Morgan fingerprint density at radius 1 is 1.12 bits per heavy atom. The minimum absolute atomic E-state index is 0.231. The van der Waals surface area contributed by atoms with Gasteiger partial charge in [-0.05, 0) is 82.7 Å². The summed E-state index contributed by atoms with van der Waals surface area (Å²) >= 11 is 19.3. The lowest BCUT2D eigenvalue weighted by Gasteiger charge is -2.16. The molecule has 0 aliphatic carbocycles. The molecule has 2 aromatic rings. The summed E-state index contributed by atoms with van der Waals surface area (Å²) in [4.78, 5) is 12.2.